The Kier molecular flexibility index (Phi) is 5.00. The zero-order valence-electron chi connectivity index (χ0n) is 11.3. The van der Waals surface area contributed by atoms with Gasteiger partial charge in [-0.3, -0.25) is 4.79 Å². The molecule has 2 bridgehead atoms. The number of benzene rings is 1. The van der Waals surface area contributed by atoms with Crippen LogP contribution in [0.3, 0.4) is 0 Å². The summed E-state index contributed by atoms with van der Waals surface area (Å²) >= 11 is 0. The molecule has 0 saturated carbocycles. The van der Waals surface area contributed by atoms with E-state index in [1.165, 1.54) is 18.9 Å². The minimum absolute atomic E-state index is 0. The fourth-order valence-corrected chi connectivity index (χ4v) is 3.27. The Hall–Kier alpha value is -1.13. The Bertz CT molecular complexity index is 471. The van der Waals surface area contributed by atoms with Crippen molar-refractivity contribution in [3.05, 3.63) is 35.6 Å². The van der Waals surface area contributed by atoms with Gasteiger partial charge in [-0.25, -0.2) is 4.39 Å². The van der Waals surface area contributed by atoms with Crippen LogP contribution in [0, 0.1) is 5.82 Å². The van der Waals surface area contributed by atoms with Crippen molar-refractivity contribution in [2.45, 2.75) is 50.2 Å². The van der Waals surface area contributed by atoms with E-state index in [0.717, 1.165) is 12.8 Å². The van der Waals surface area contributed by atoms with Gasteiger partial charge in [0.25, 0.3) is 0 Å². The first-order chi connectivity index (χ1) is 9.20. The van der Waals surface area contributed by atoms with E-state index in [9.17, 15) is 9.18 Å². The van der Waals surface area contributed by atoms with Crippen LogP contribution in [-0.2, 0) is 11.2 Å². The quantitative estimate of drug-likeness (QED) is 0.898. The largest absolute Gasteiger partial charge is 0.353 e. The predicted octanol–water partition coefficient (Wildman–Crippen LogP) is 2.19. The minimum Gasteiger partial charge on any atom is -0.353 e. The van der Waals surface area contributed by atoms with Gasteiger partial charge < -0.3 is 10.6 Å². The van der Waals surface area contributed by atoms with Gasteiger partial charge in [-0.05, 0) is 37.3 Å². The lowest BCUT2D eigenvalue weighted by Crippen LogP contribution is -2.48. The van der Waals surface area contributed by atoms with Crippen molar-refractivity contribution in [1.29, 1.82) is 0 Å². The third kappa shape index (κ3) is 3.49. The molecular weight excluding hydrogens is 279 g/mol. The van der Waals surface area contributed by atoms with Gasteiger partial charge in [-0.1, -0.05) is 18.2 Å². The highest BCUT2D eigenvalue weighted by Crippen LogP contribution is 2.26. The lowest BCUT2D eigenvalue weighted by atomic mass is 9.99. The van der Waals surface area contributed by atoms with Crippen LogP contribution < -0.4 is 10.6 Å². The van der Waals surface area contributed by atoms with Gasteiger partial charge in [0, 0.05) is 18.1 Å². The Balaban J connectivity index is 0.00000147. The second-order valence-electron chi connectivity index (χ2n) is 5.64. The van der Waals surface area contributed by atoms with Crippen molar-refractivity contribution in [2.24, 2.45) is 0 Å². The molecule has 110 valence electrons. The number of fused-ring (bicyclic) bond motifs is 2. The van der Waals surface area contributed by atoms with E-state index in [2.05, 4.69) is 10.6 Å². The fourth-order valence-electron chi connectivity index (χ4n) is 3.27. The molecule has 0 aromatic heterocycles. The van der Waals surface area contributed by atoms with Gasteiger partial charge in [0.2, 0.25) is 5.91 Å². The molecule has 0 spiro atoms. The topological polar surface area (TPSA) is 41.1 Å². The highest BCUT2D eigenvalue weighted by atomic mass is 35.5. The van der Waals surface area contributed by atoms with E-state index in [1.54, 1.807) is 18.2 Å². The molecule has 2 atom stereocenters. The summed E-state index contributed by atoms with van der Waals surface area (Å²) in [6, 6.07) is 7.82. The molecular formula is C15H20ClFN2O. The third-order valence-electron chi connectivity index (χ3n) is 4.15. The van der Waals surface area contributed by atoms with Gasteiger partial charge in [-0.2, -0.15) is 0 Å². The number of nitrogens with one attached hydrogen (secondary N) is 2. The summed E-state index contributed by atoms with van der Waals surface area (Å²) in [4.78, 5) is 12.0. The number of hydrogen-bond donors (Lipinski definition) is 2. The van der Waals surface area contributed by atoms with Crippen molar-refractivity contribution in [1.82, 2.24) is 10.6 Å². The van der Waals surface area contributed by atoms with Crippen LogP contribution in [0.15, 0.2) is 24.3 Å². The lowest BCUT2D eigenvalue weighted by molar-refractivity contribution is -0.121. The summed E-state index contributed by atoms with van der Waals surface area (Å²) < 4.78 is 13.5. The molecule has 3 nitrogen and oxygen atoms in total. The van der Waals surface area contributed by atoms with E-state index < -0.39 is 0 Å². The maximum atomic E-state index is 13.5. The monoisotopic (exact) mass is 298 g/mol. The summed E-state index contributed by atoms with van der Waals surface area (Å²) in [6.45, 7) is 0. The molecule has 2 aliphatic rings. The molecule has 5 heteroatoms. The van der Waals surface area contributed by atoms with Crippen LogP contribution in [0.4, 0.5) is 4.39 Å². The standard InChI is InChI=1S/C15H19FN2O.ClH/c16-14-4-2-1-3-10(14)7-15(19)18-13-8-11-5-6-12(9-13)17-11;/h1-4,11-13,17H,5-9H2,(H,18,19);1H. The van der Waals surface area contributed by atoms with E-state index in [4.69, 9.17) is 0 Å². The third-order valence-corrected chi connectivity index (χ3v) is 4.15. The number of halogens is 2. The summed E-state index contributed by atoms with van der Waals surface area (Å²) in [5, 5.41) is 6.59. The highest BCUT2D eigenvalue weighted by Gasteiger charge is 2.33. The fraction of sp³-hybridized carbons (Fsp3) is 0.533. The molecule has 2 saturated heterocycles. The van der Waals surface area contributed by atoms with Gasteiger partial charge in [0.05, 0.1) is 6.42 Å². The Labute approximate surface area is 124 Å². The number of amides is 1. The highest BCUT2D eigenvalue weighted by molar-refractivity contribution is 5.85. The SMILES string of the molecule is Cl.O=C(Cc1ccccc1F)NC1CC2CCC(C1)N2. The summed E-state index contributed by atoms with van der Waals surface area (Å²) in [7, 11) is 0. The molecule has 20 heavy (non-hydrogen) atoms. The molecule has 2 unspecified atom stereocenters. The molecule has 2 N–H and O–H groups in total. The lowest BCUT2D eigenvalue weighted by Gasteiger charge is -2.29. The second-order valence-corrected chi connectivity index (χ2v) is 5.64. The van der Waals surface area contributed by atoms with Gasteiger partial charge in [0.15, 0.2) is 0 Å². The first-order valence-corrected chi connectivity index (χ1v) is 6.99. The van der Waals surface area contributed by atoms with Gasteiger partial charge >= 0.3 is 0 Å². The van der Waals surface area contributed by atoms with Crippen molar-refractivity contribution in [3.8, 4) is 0 Å². The summed E-state index contributed by atoms with van der Waals surface area (Å²) in [6.07, 6.45) is 4.56. The van der Waals surface area contributed by atoms with E-state index in [-0.39, 0.29) is 36.6 Å². The van der Waals surface area contributed by atoms with E-state index in [1.807, 2.05) is 0 Å². The molecule has 0 radical (unpaired) electrons. The molecule has 0 aliphatic carbocycles. The smallest absolute Gasteiger partial charge is 0.224 e. The number of carbonyl (C=O) groups excluding carboxylic acids is 1. The van der Waals surface area contributed by atoms with Crippen molar-refractivity contribution < 1.29 is 9.18 Å². The van der Waals surface area contributed by atoms with Gasteiger partial charge in [-0.15, -0.1) is 12.4 Å². The van der Waals surface area contributed by atoms with Crippen LogP contribution in [0.5, 0.6) is 0 Å². The van der Waals surface area contributed by atoms with Crippen LogP contribution in [0.1, 0.15) is 31.2 Å². The average Bonchev–Trinajstić information content (AvgIpc) is 2.72. The summed E-state index contributed by atoms with van der Waals surface area (Å²) in [5.74, 6) is -0.376. The first-order valence-electron chi connectivity index (χ1n) is 6.99. The average molecular weight is 299 g/mol. The zero-order chi connectivity index (χ0) is 13.2. The number of piperidine rings is 1. The normalized spacial score (nSPS) is 27.8. The molecule has 1 amide bonds. The molecule has 1 aromatic rings. The number of carbonyl (C=O) groups is 1. The Morgan fingerprint density at radius 3 is 2.55 bits per heavy atom. The van der Waals surface area contributed by atoms with Crippen molar-refractivity contribution in [3.63, 3.8) is 0 Å². The minimum atomic E-state index is -0.303. The number of hydrogen-bond acceptors (Lipinski definition) is 2. The molecule has 2 fully saturated rings. The second kappa shape index (κ2) is 6.55. The Morgan fingerprint density at radius 2 is 1.90 bits per heavy atom. The summed E-state index contributed by atoms with van der Waals surface area (Å²) in [5.41, 5.74) is 0.469. The van der Waals surface area contributed by atoms with E-state index in [0.29, 0.717) is 17.6 Å². The van der Waals surface area contributed by atoms with Crippen LogP contribution >= 0.6 is 12.4 Å². The van der Waals surface area contributed by atoms with E-state index >= 15 is 0 Å². The molecule has 2 aliphatic heterocycles. The molecule has 2 heterocycles. The van der Waals surface area contributed by atoms with Crippen LogP contribution in [0.2, 0.25) is 0 Å². The molecule has 1 aromatic carbocycles. The van der Waals surface area contributed by atoms with Crippen molar-refractivity contribution in [2.75, 3.05) is 0 Å². The van der Waals surface area contributed by atoms with Crippen LogP contribution in [-0.4, -0.2) is 24.0 Å². The first kappa shape index (κ1) is 15.3. The van der Waals surface area contributed by atoms with Crippen LogP contribution in [0.25, 0.3) is 0 Å². The molecule has 3 rings (SSSR count). The predicted molar refractivity (Wildman–Crippen MR) is 78.5 cm³/mol. The Morgan fingerprint density at radius 1 is 1.25 bits per heavy atom. The number of rotatable bonds is 3. The zero-order valence-corrected chi connectivity index (χ0v) is 12.1. The maximum Gasteiger partial charge on any atom is 0.224 e. The maximum absolute atomic E-state index is 13.5. The van der Waals surface area contributed by atoms with Gasteiger partial charge in [0.1, 0.15) is 5.82 Å². The van der Waals surface area contributed by atoms with Crippen molar-refractivity contribution >= 4 is 18.3 Å².